The molecule has 15 heavy (non-hydrogen) atoms. The van der Waals surface area contributed by atoms with Gasteiger partial charge in [0, 0.05) is 21.3 Å². The van der Waals surface area contributed by atoms with Crippen molar-refractivity contribution >= 4 is 39.1 Å². The van der Waals surface area contributed by atoms with Crippen LogP contribution in [-0.2, 0) is 16.0 Å². The molecule has 0 aliphatic rings. The summed E-state index contributed by atoms with van der Waals surface area (Å²) in [6.45, 7) is 0.471. The number of hydrogen-bond donors (Lipinski definition) is 2. The molecule has 0 atom stereocenters. The first kappa shape index (κ1) is 12.2. The number of carbonyl (C=O) groups excluding carboxylic acids is 1. The van der Waals surface area contributed by atoms with Gasteiger partial charge in [0.1, 0.15) is 6.42 Å². The number of thiophene rings is 1. The second kappa shape index (κ2) is 5.87. The summed E-state index contributed by atoms with van der Waals surface area (Å²) in [5, 5.41) is 12.8. The molecule has 0 radical (unpaired) electrons. The van der Waals surface area contributed by atoms with Gasteiger partial charge in [-0.1, -0.05) is 0 Å². The molecule has 1 aromatic heterocycles. The highest BCUT2D eigenvalue weighted by Crippen LogP contribution is 2.19. The van der Waals surface area contributed by atoms with Crippen LogP contribution in [0.5, 0.6) is 0 Å². The lowest BCUT2D eigenvalue weighted by atomic mass is 10.3. The Kier molecular flexibility index (Phi) is 4.77. The number of hydrogen-bond acceptors (Lipinski definition) is 3. The third kappa shape index (κ3) is 4.94. The summed E-state index contributed by atoms with van der Waals surface area (Å²) in [6.07, 6.45) is 0.260. The number of carboxylic acid groups (broad SMARTS) is 1. The Morgan fingerprint density at radius 2 is 2.27 bits per heavy atom. The molecule has 2 N–H and O–H groups in total. The van der Waals surface area contributed by atoms with Crippen molar-refractivity contribution in [2.24, 2.45) is 0 Å². The van der Waals surface area contributed by atoms with Gasteiger partial charge < -0.3 is 10.4 Å². The van der Waals surface area contributed by atoms with Gasteiger partial charge in [-0.25, -0.2) is 0 Å². The average Bonchev–Trinajstić information content (AvgIpc) is 2.50. The third-order valence-corrected chi connectivity index (χ3v) is 3.38. The van der Waals surface area contributed by atoms with Crippen LogP contribution in [0.3, 0.4) is 0 Å². The molecule has 0 aromatic carbocycles. The first-order valence-corrected chi connectivity index (χ1v) is 5.96. The van der Waals surface area contributed by atoms with Gasteiger partial charge in [0.05, 0.1) is 0 Å². The van der Waals surface area contributed by atoms with Gasteiger partial charge in [-0.15, -0.1) is 11.3 Å². The summed E-state index contributed by atoms with van der Waals surface area (Å²) in [5.41, 5.74) is 0. The Morgan fingerprint density at radius 1 is 1.53 bits per heavy atom. The van der Waals surface area contributed by atoms with Gasteiger partial charge >= 0.3 is 5.97 Å². The van der Waals surface area contributed by atoms with E-state index in [1.54, 1.807) is 11.3 Å². The summed E-state index contributed by atoms with van der Waals surface area (Å²) in [7, 11) is 0. The van der Waals surface area contributed by atoms with Crippen molar-refractivity contribution in [2.45, 2.75) is 12.8 Å². The van der Waals surface area contributed by atoms with E-state index in [0.717, 1.165) is 15.8 Å². The number of amides is 1. The molecule has 0 fully saturated rings. The van der Waals surface area contributed by atoms with E-state index in [9.17, 15) is 9.59 Å². The minimum atomic E-state index is -1.11. The molecular weight excluding hydrogens is 282 g/mol. The van der Waals surface area contributed by atoms with Crippen LogP contribution in [0.2, 0.25) is 0 Å². The molecule has 1 rings (SSSR count). The normalized spacial score (nSPS) is 9.93. The predicted molar refractivity (Wildman–Crippen MR) is 61.0 cm³/mol. The lowest BCUT2D eigenvalue weighted by Gasteiger charge is -2.01. The molecule has 0 aliphatic heterocycles. The summed E-state index contributed by atoms with van der Waals surface area (Å²) in [4.78, 5) is 22.3. The fraction of sp³-hybridized carbons (Fsp3) is 0.333. The second-order valence-corrected chi connectivity index (χ2v) is 4.81. The lowest BCUT2D eigenvalue weighted by Crippen LogP contribution is -2.27. The summed E-state index contributed by atoms with van der Waals surface area (Å²) < 4.78 is 1.03. The number of carbonyl (C=O) groups is 2. The molecule has 1 heterocycles. The van der Waals surface area contributed by atoms with Crippen LogP contribution >= 0.6 is 27.3 Å². The first-order chi connectivity index (χ1) is 7.08. The van der Waals surface area contributed by atoms with Gasteiger partial charge in [-0.05, 0) is 28.4 Å². The number of halogens is 1. The minimum Gasteiger partial charge on any atom is -0.481 e. The van der Waals surface area contributed by atoms with Gasteiger partial charge in [0.2, 0.25) is 5.91 Å². The zero-order valence-corrected chi connectivity index (χ0v) is 10.2. The van der Waals surface area contributed by atoms with Gasteiger partial charge in [0.25, 0.3) is 0 Å². The quantitative estimate of drug-likeness (QED) is 0.811. The van der Waals surface area contributed by atoms with E-state index in [1.807, 2.05) is 11.4 Å². The van der Waals surface area contributed by atoms with E-state index in [4.69, 9.17) is 5.11 Å². The third-order valence-electron chi connectivity index (χ3n) is 1.63. The van der Waals surface area contributed by atoms with Gasteiger partial charge in [-0.3, -0.25) is 9.59 Å². The maximum Gasteiger partial charge on any atom is 0.312 e. The predicted octanol–water partition coefficient (Wildman–Crippen LogP) is 1.64. The Balaban J connectivity index is 2.22. The average molecular weight is 292 g/mol. The van der Waals surface area contributed by atoms with E-state index in [1.165, 1.54) is 0 Å². The molecule has 1 amide bonds. The Hall–Kier alpha value is -0.880. The monoisotopic (exact) mass is 291 g/mol. The van der Waals surface area contributed by atoms with Crippen LogP contribution in [0, 0.1) is 0 Å². The SMILES string of the molecule is O=C(O)CC(=O)NCCc1cc(Br)cs1. The van der Waals surface area contributed by atoms with E-state index in [0.29, 0.717) is 6.54 Å². The Labute approximate surface area is 99.4 Å². The lowest BCUT2D eigenvalue weighted by molar-refractivity contribution is -0.140. The highest BCUT2D eigenvalue weighted by Gasteiger charge is 2.06. The van der Waals surface area contributed by atoms with Crippen molar-refractivity contribution in [3.63, 3.8) is 0 Å². The summed E-state index contributed by atoms with van der Waals surface area (Å²) in [6, 6.07) is 1.98. The highest BCUT2D eigenvalue weighted by molar-refractivity contribution is 9.10. The molecule has 1 aromatic rings. The smallest absolute Gasteiger partial charge is 0.312 e. The van der Waals surface area contributed by atoms with Crippen molar-refractivity contribution in [3.8, 4) is 0 Å². The van der Waals surface area contributed by atoms with Crippen molar-refractivity contribution in [2.75, 3.05) is 6.54 Å². The molecule has 6 heteroatoms. The number of carboxylic acids is 1. The van der Waals surface area contributed by atoms with Crippen LogP contribution in [0.1, 0.15) is 11.3 Å². The van der Waals surface area contributed by atoms with E-state index in [2.05, 4.69) is 21.2 Å². The molecule has 0 bridgehead atoms. The largest absolute Gasteiger partial charge is 0.481 e. The van der Waals surface area contributed by atoms with Gasteiger partial charge in [0.15, 0.2) is 0 Å². The summed E-state index contributed by atoms with van der Waals surface area (Å²) >= 11 is 4.93. The zero-order valence-electron chi connectivity index (χ0n) is 7.83. The molecule has 0 unspecified atom stereocenters. The number of rotatable bonds is 5. The molecule has 0 aliphatic carbocycles. The van der Waals surface area contributed by atoms with Crippen molar-refractivity contribution in [1.82, 2.24) is 5.32 Å². The molecule has 0 spiro atoms. The molecule has 82 valence electrons. The van der Waals surface area contributed by atoms with Crippen molar-refractivity contribution in [1.29, 1.82) is 0 Å². The summed E-state index contributed by atoms with van der Waals surface area (Å²) in [5.74, 6) is -1.55. The van der Waals surface area contributed by atoms with E-state index >= 15 is 0 Å². The second-order valence-electron chi connectivity index (χ2n) is 2.90. The maximum atomic E-state index is 11.0. The molecule has 4 nitrogen and oxygen atoms in total. The highest BCUT2D eigenvalue weighted by atomic mass is 79.9. The fourth-order valence-electron chi connectivity index (χ4n) is 1.01. The van der Waals surface area contributed by atoms with Crippen LogP contribution < -0.4 is 5.32 Å². The molecular formula is C9H10BrNO3S. The van der Waals surface area contributed by atoms with Gasteiger partial charge in [-0.2, -0.15) is 0 Å². The molecule has 0 saturated heterocycles. The standard InChI is InChI=1S/C9H10BrNO3S/c10-6-3-7(15-5-6)1-2-11-8(12)4-9(13)14/h3,5H,1-2,4H2,(H,11,12)(H,13,14). The van der Waals surface area contributed by atoms with Crippen molar-refractivity contribution < 1.29 is 14.7 Å². The fourth-order valence-corrected chi connectivity index (χ4v) is 2.47. The first-order valence-electron chi connectivity index (χ1n) is 4.29. The Bertz CT molecular complexity index is 364. The van der Waals surface area contributed by atoms with E-state index < -0.39 is 18.3 Å². The zero-order chi connectivity index (χ0) is 11.3. The van der Waals surface area contributed by atoms with Crippen LogP contribution in [0.25, 0.3) is 0 Å². The number of aliphatic carboxylic acids is 1. The van der Waals surface area contributed by atoms with Crippen LogP contribution in [0.4, 0.5) is 0 Å². The maximum absolute atomic E-state index is 11.0. The minimum absolute atomic E-state index is 0.446. The van der Waals surface area contributed by atoms with Crippen molar-refractivity contribution in [3.05, 3.63) is 20.8 Å². The molecule has 0 saturated carbocycles. The number of nitrogens with one attached hydrogen (secondary N) is 1. The van der Waals surface area contributed by atoms with E-state index in [-0.39, 0.29) is 0 Å². The van der Waals surface area contributed by atoms with Crippen LogP contribution in [-0.4, -0.2) is 23.5 Å². The van der Waals surface area contributed by atoms with Crippen LogP contribution in [0.15, 0.2) is 15.9 Å². The Morgan fingerprint density at radius 3 is 2.80 bits per heavy atom. The topological polar surface area (TPSA) is 66.4 Å².